The summed E-state index contributed by atoms with van der Waals surface area (Å²) in [7, 11) is 0. The molecular weight excluding hydrogens is 429 g/mol. The van der Waals surface area contributed by atoms with E-state index in [2.05, 4.69) is 11.7 Å². The number of ether oxygens (including phenoxy) is 1. The topological polar surface area (TPSA) is 45.1 Å². The number of hydrogen-bond acceptors (Lipinski definition) is 4. The number of benzene rings is 2. The number of hydrazone groups is 1. The highest BCUT2D eigenvalue weighted by Crippen LogP contribution is 2.43. The fourth-order valence-corrected chi connectivity index (χ4v) is 3.36. The highest BCUT2D eigenvalue weighted by Gasteiger charge is 2.44. The molecule has 2 atom stereocenters. The van der Waals surface area contributed by atoms with Gasteiger partial charge in [-0.15, -0.1) is 0 Å². The maximum atomic E-state index is 14.0. The molecule has 2 unspecified atom stereocenters. The van der Waals surface area contributed by atoms with Crippen LogP contribution in [0.5, 0.6) is 11.5 Å². The second-order valence-electron chi connectivity index (χ2n) is 7.15. The zero-order valence-electron chi connectivity index (χ0n) is 17.7. The fourth-order valence-electron chi connectivity index (χ4n) is 3.23. The molecule has 0 aliphatic heterocycles. The zero-order chi connectivity index (χ0) is 23.2. The monoisotopic (exact) mass is 454 g/mol. The van der Waals surface area contributed by atoms with Crippen molar-refractivity contribution in [2.24, 2.45) is 11.0 Å². The molecule has 0 saturated carbocycles. The lowest BCUT2D eigenvalue weighted by atomic mass is 9.78. The van der Waals surface area contributed by atoms with Crippen LogP contribution in [0, 0.1) is 5.92 Å². The van der Waals surface area contributed by atoms with Gasteiger partial charge in [0.15, 0.2) is 0 Å². The van der Waals surface area contributed by atoms with E-state index in [0.717, 1.165) is 6.07 Å². The third-order valence-corrected chi connectivity index (χ3v) is 5.37. The first-order chi connectivity index (χ1) is 14.5. The molecule has 4 nitrogen and oxygen atoms in total. The van der Waals surface area contributed by atoms with Crippen molar-refractivity contribution < 1.29 is 23.0 Å². The van der Waals surface area contributed by atoms with Gasteiger partial charge in [0.05, 0.1) is 12.1 Å². The summed E-state index contributed by atoms with van der Waals surface area (Å²) in [5, 5.41) is 17.4. The minimum absolute atomic E-state index is 0.00273. The predicted octanol–water partition coefficient (Wildman–Crippen LogP) is 6.84. The van der Waals surface area contributed by atoms with Crippen molar-refractivity contribution in [2.45, 2.75) is 39.0 Å². The number of hydrogen-bond donors (Lipinski definition) is 1. The Morgan fingerprint density at radius 3 is 2.29 bits per heavy atom. The van der Waals surface area contributed by atoms with Gasteiger partial charge in [0.25, 0.3) is 0 Å². The van der Waals surface area contributed by atoms with E-state index in [1.54, 1.807) is 38.1 Å². The smallest absolute Gasteiger partial charge is 0.416 e. The molecule has 0 heterocycles. The summed E-state index contributed by atoms with van der Waals surface area (Å²) in [5.74, 6) is -0.152. The van der Waals surface area contributed by atoms with Crippen LogP contribution < -0.4 is 4.74 Å². The maximum Gasteiger partial charge on any atom is 0.416 e. The Bertz CT molecular complexity index is 916. The molecule has 0 amide bonds. The summed E-state index contributed by atoms with van der Waals surface area (Å²) in [4.78, 5) is 0. The largest absolute Gasteiger partial charge is 0.457 e. The number of rotatable bonds is 9. The number of nitrogens with zero attached hydrogens (tertiary/aromatic N) is 2. The Hall–Kier alpha value is -2.51. The van der Waals surface area contributed by atoms with Gasteiger partial charge in [0.2, 0.25) is 0 Å². The van der Waals surface area contributed by atoms with E-state index in [1.807, 2.05) is 6.92 Å². The van der Waals surface area contributed by atoms with Crippen LogP contribution in [0.15, 0.2) is 60.3 Å². The van der Waals surface area contributed by atoms with Gasteiger partial charge in [-0.3, -0.25) is 5.01 Å². The van der Waals surface area contributed by atoms with Crippen LogP contribution in [-0.2, 0) is 11.8 Å². The molecule has 31 heavy (non-hydrogen) atoms. The summed E-state index contributed by atoms with van der Waals surface area (Å²) in [6.07, 6.45) is -1.41. The van der Waals surface area contributed by atoms with Crippen LogP contribution in [0.2, 0.25) is 5.02 Å². The highest BCUT2D eigenvalue weighted by molar-refractivity contribution is 6.30. The molecule has 0 aromatic heterocycles. The molecule has 0 aliphatic carbocycles. The lowest BCUT2D eigenvalue weighted by Gasteiger charge is -2.38. The third kappa shape index (κ3) is 6.02. The van der Waals surface area contributed by atoms with Gasteiger partial charge in [-0.1, -0.05) is 44.5 Å². The van der Waals surface area contributed by atoms with E-state index in [-0.39, 0.29) is 17.9 Å². The van der Waals surface area contributed by atoms with Gasteiger partial charge >= 0.3 is 6.18 Å². The second kappa shape index (κ2) is 10.2. The Morgan fingerprint density at radius 2 is 1.77 bits per heavy atom. The van der Waals surface area contributed by atoms with Gasteiger partial charge in [-0.05, 0) is 54.8 Å². The summed E-state index contributed by atoms with van der Waals surface area (Å²) in [6.45, 7) is 8.63. The highest BCUT2D eigenvalue weighted by atomic mass is 35.5. The predicted molar refractivity (Wildman–Crippen MR) is 117 cm³/mol. The summed E-state index contributed by atoms with van der Waals surface area (Å²) in [5.41, 5.74) is -3.04. The maximum absolute atomic E-state index is 14.0. The molecule has 0 bridgehead atoms. The van der Waals surface area contributed by atoms with Gasteiger partial charge in [0.1, 0.15) is 17.1 Å². The average Bonchev–Trinajstić information content (AvgIpc) is 2.73. The minimum Gasteiger partial charge on any atom is -0.457 e. The molecule has 8 heteroatoms. The molecule has 0 radical (unpaired) electrons. The van der Waals surface area contributed by atoms with E-state index in [1.165, 1.54) is 29.6 Å². The van der Waals surface area contributed by atoms with Crippen LogP contribution >= 0.6 is 11.6 Å². The fraction of sp³-hybridized carbons (Fsp3) is 0.348. The van der Waals surface area contributed by atoms with Gasteiger partial charge in [-0.25, -0.2) is 0 Å². The van der Waals surface area contributed by atoms with Crippen LogP contribution in [0.1, 0.15) is 38.3 Å². The van der Waals surface area contributed by atoms with Crippen molar-refractivity contribution in [1.29, 1.82) is 0 Å². The summed E-state index contributed by atoms with van der Waals surface area (Å²) >= 11 is 5.84. The SMILES string of the molecule is C=CN(CC(O)(c1ccc(Oc2ccc(Cl)cc2)cc1C(F)(F)F)C(C)CC)/N=C\C. The Balaban J connectivity index is 2.56. The molecule has 1 N–H and O–H groups in total. The van der Waals surface area contributed by atoms with Crippen LogP contribution in [0.4, 0.5) is 13.2 Å². The van der Waals surface area contributed by atoms with E-state index < -0.39 is 23.3 Å². The minimum atomic E-state index is -4.71. The lowest BCUT2D eigenvalue weighted by Crippen LogP contribution is -2.43. The first kappa shape index (κ1) is 24.8. The van der Waals surface area contributed by atoms with Crippen molar-refractivity contribution in [3.05, 3.63) is 71.4 Å². The summed E-state index contributed by atoms with van der Waals surface area (Å²) in [6, 6.07) is 9.85. The second-order valence-corrected chi connectivity index (χ2v) is 7.58. The molecule has 0 aliphatic rings. The van der Waals surface area contributed by atoms with Gasteiger partial charge in [0, 0.05) is 17.4 Å². The van der Waals surface area contributed by atoms with E-state index in [0.29, 0.717) is 17.2 Å². The quantitative estimate of drug-likeness (QED) is 0.333. The Labute approximate surface area is 185 Å². The molecule has 2 rings (SSSR count). The first-order valence-corrected chi connectivity index (χ1v) is 10.2. The summed E-state index contributed by atoms with van der Waals surface area (Å²) < 4.78 is 47.7. The number of halogens is 4. The van der Waals surface area contributed by atoms with E-state index in [4.69, 9.17) is 16.3 Å². The Kier molecular flexibility index (Phi) is 8.14. The van der Waals surface area contributed by atoms with Crippen molar-refractivity contribution in [1.82, 2.24) is 5.01 Å². The van der Waals surface area contributed by atoms with Crippen LogP contribution in [-0.4, -0.2) is 22.9 Å². The average molecular weight is 455 g/mol. The normalized spacial score (nSPS) is 14.8. The lowest BCUT2D eigenvalue weighted by molar-refractivity contribution is -0.142. The van der Waals surface area contributed by atoms with E-state index >= 15 is 0 Å². The first-order valence-electron chi connectivity index (χ1n) is 9.80. The van der Waals surface area contributed by atoms with Crippen LogP contribution in [0.25, 0.3) is 0 Å². The number of alkyl halides is 3. The molecule has 0 spiro atoms. The van der Waals surface area contributed by atoms with E-state index in [9.17, 15) is 18.3 Å². The van der Waals surface area contributed by atoms with Gasteiger partial charge < -0.3 is 9.84 Å². The van der Waals surface area contributed by atoms with Gasteiger partial charge in [-0.2, -0.15) is 18.3 Å². The zero-order valence-corrected chi connectivity index (χ0v) is 18.4. The molecule has 0 saturated heterocycles. The Morgan fingerprint density at radius 1 is 1.16 bits per heavy atom. The van der Waals surface area contributed by atoms with Crippen molar-refractivity contribution in [2.75, 3.05) is 6.54 Å². The van der Waals surface area contributed by atoms with Crippen molar-refractivity contribution in [3.8, 4) is 11.5 Å². The van der Waals surface area contributed by atoms with Crippen molar-refractivity contribution in [3.63, 3.8) is 0 Å². The standard InChI is InChI=1S/C23H26ClF3N2O2/c1-5-16(4)22(30,15-29(7-3)28-6-2)20-13-12-19(14-21(20)23(25,26)27)31-18-10-8-17(24)9-11-18/h6-14,16,30H,3,5,15H2,1-2,4H3/b28-6-. The molecule has 0 fully saturated rings. The molecule has 2 aromatic carbocycles. The third-order valence-electron chi connectivity index (χ3n) is 5.12. The molecular formula is C23H26ClF3N2O2. The van der Waals surface area contributed by atoms with Crippen LogP contribution in [0.3, 0.4) is 0 Å². The molecule has 2 aromatic rings. The number of aliphatic hydroxyl groups is 1. The van der Waals surface area contributed by atoms with Crippen molar-refractivity contribution >= 4 is 17.8 Å². The molecule has 168 valence electrons.